The van der Waals surface area contributed by atoms with Crippen LogP contribution in [0.15, 0.2) is 85.2 Å². The van der Waals surface area contributed by atoms with Gasteiger partial charge in [0.2, 0.25) is 0 Å². The zero-order valence-electron chi connectivity index (χ0n) is 15.8. The van der Waals surface area contributed by atoms with Gasteiger partial charge in [-0.3, -0.25) is 0 Å². The summed E-state index contributed by atoms with van der Waals surface area (Å²) in [6.45, 7) is 4.16. The molecular weight excluding hydrogens is 537 g/mol. The zero-order chi connectivity index (χ0) is 18.9. The van der Waals surface area contributed by atoms with Gasteiger partial charge in [-0.2, -0.15) is 30.3 Å². The molecule has 4 nitrogen and oxygen atoms in total. The maximum atomic E-state index is 4.59. The van der Waals surface area contributed by atoms with E-state index >= 15 is 0 Å². The molecule has 0 N–H and O–H groups in total. The Kier molecular flexibility index (Phi) is 5.43. The molecular formula is C24H18IrN4-2. The molecule has 3 aromatic carbocycles. The van der Waals surface area contributed by atoms with Crippen LogP contribution in [0.2, 0.25) is 0 Å². The van der Waals surface area contributed by atoms with E-state index in [-0.39, 0.29) is 20.1 Å². The molecule has 5 heteroatoms. The predicted molar refractivity (Wildman–Crippen MR) is 113 cm³/mol. The van der Waals surface area contributed by atoms with Crippen LogP contribution in [0.4, 0.5) is 23.0 Å². The minimum atomic E-state index is 0. The van der Waals surface area contributed by atoms with Crippen LogP contribution in [0.1, 0.15) is 5.56 Å². The molecule has 1 aliphatic rings. The number of para-hydroxylation sites is 1. The second kappa shape index (κ2) is 8.16. The molecule has 0 saturated carbocycles. The van der Waals surface area contributed by atoms with Crippen LogP contribution in [0.3, 0.4) is 0 Å². The summed E-state index contributed by atoms with van der Waals surface area (Å²) < 4.78 is 0. The van der Waals surface area contributed by atoms with Crippen LogP contribution < -0.4 is 9.80 Å². The molecule has 29 heavy (non-hydrogen) atoms. The number of hydrogen-bond donors (Lipinski definition) is 0. The largest absolute Gasteiger partial charge is 0.477 e. The Balaban J connectivity index is 0.00000205. The second-order valence-electron chi connectivity index (χ2n) is 6.67. The number of fused-ring (bicyclic) bond motifs is 1. The van der Waals surface area contributed by atoms with Gasteiger partial charge in [0.05, 0.1) is 0 Å². The summed E-state index contributed by atoms with van der Waals surface area (Å²) in [6.07, 6.45) is 3.45. The van der Waals surface area contributed by atoms with E-state index in [9.17, 15) is 0 Å². The van der Waals surface area contributed by atoms with E-state index in [1.807, 2.05) is 41.9 Å². The summed E-state index contributed by atoms with van der Waals surface area (Å²) in [5.41, 5.74) is 5.61. The summed E-state index contributed by atoms with van der Waals surface area (Å²) in [5, 5.41) is 0. The number of rotatable bonds is 3. The molecule has 1 aromatic heterocycles. The number of nitrogens with zero attached hydrogens (tertiary/aromatic N) is 4. The minimum absolute atomic E-state index is 0. The molecule has 4 aromatic rings. The van der Waals surface area contributed by atoms with Crippen molar-refractivity contribution >= 4 is 23.0 Å². The van der Waals surface area contributed by atoms with Crippen molar-refractivity contribution in [2.24, 2.45) is 0 Å². The van der Waals surface area contributed by atoms with Crippen LogP contribution in [-0.4, -0.2) is 9.97 Å². The third-order valence-corrected chi connectivity index (χ3v) is 4.86. The summed E-state index contributed by atoms with van der Waals surface area (Å²) in [4.78, 5) is 13.3. The summed E-state index contributed by atoms with van der Waals surface area (Å²) in [7, 11) is 0. The fourth-order valence-electron chi connectivity index (χ4n) is 3.51. The maximum absolute atomic E-state index is 4.59. The van der Waals surface area contributed by atoms with Gasteiger partial charge < -0.3 is 9.80 Å². The molecule has 0 fully saturated rings. The van der Waals surface area contributed by atoms with Gasteiger partial charge in [-0.05, 0) is 35.7 Å². The molecule has 0 bridgehead atoms. The van der Waals surface area contributed by atoms with Gasteiger partial charge in [-0.15, -0.1) is 12.4 Å². The van der Waals surface area contributed by atoms with Crippen molar-refractivity contribution in [3.05, 3.63) is 103 Å². The average Bonchev–Trinajstić information content (AvgIpc) is 3.14. The van der Waals surface area contributed by atoms with Gasteiger partial charge in [0.15, 0.2) is 0 Å². The van der Waals surface area contributed by atoms with Crippen molar-refractivity contribution in [2.45, 2.75) is 6.92 Å². The van der Waals surface area contributed by atoms with E-state index in [0.29, 0.717) is 0 Å². The number of hydrogen-bond acceptors (Lipinski definition) is 4. The Labute approximate surface area is 184 Å². The van der Waals surface area contributed by atoms with Crippen LogP contribution in [0.25, 0.3) is 11.1 Å². The Bertz CT molecular complexity index is 1120. The molecule has 145 valence electrons. The molecule has 5 rings (SSSR count). The Morgan fingerprint density at radius 3 is 2.21 bits per heavy atom. The van der Waals surface area contributed by atoms with Crippen molar-refractivity contribution in [1.29, 1.82) is 0 Å². The average molecular weight is 555 g/mol. The summed E-state index contributed by atoms with van der Waals surface area (Å²) in [6, 6.07) is 28.1. The molecule has 1 aliphatic heterocycles. The van der Waals surface area contributed by atoms with Gasteiger partial charge >= 0.3 is 0 Å². The van der Waals surface area contributed by atoms with E-state index in [2.05, 4.69) is 70.3 Å². The summed E-state index contributed by atoms with van der Waals surface area (Å²) in [5.74, 6) is 1.62. The molecule has 0 spiro atoms. The quantitative estimate of drug-likeness (QED) is 0.306. The van der Waals surface area contributed by atoms with E-state index in [1.54, 1.807) is 12.4 Å². The second-order valence-corrected chi connectivity index (χ2v) is 6.67. The van der Waals surface area contributed by atoms with Crippen LogP contribution in [0.5, 0.6) is 0 Å². The molecule has 0 unspecified atom stereocenters. The van der Waals surface area contributed by atoms with Gasteiger partial charge in [0, 0.05) is 38.2 Å². The first-order valence-electron chi connectivity index (χ1n) is 9.18. The number of anilines is 4. The van der Waals surface area contributed by atoms with Crippen molar-refractivity contribution in [2.75, 3.05) is 9.80 Å². The SMILES string of the molecule is Cc1cc(-c2ccccc2)ccc1N1[CH-]N(c2[c-]cccc2)c2nccnc21.[Ir]. The van der Waals surface area contributed by atoms with E-state index in [4.69, 9.17) is 0 Å². The zero-order valence-corrected chi connectivity index (χ0v) is 18.2. The van der Waals surface area contributed by atoms with Crippen LogP contribution in [0, 0.1) is 19.7 Å². The van der Waals surface area contributed by atoms with Crippen molar-refractivity contribution in [3.8, 4) is 11.1 Å². The monoisotopic (exact) mass is 555 g/mol. The normalized spacial score (nSPS) is 12.4. The number of aromatic nitrogens is 2. The molecule has 0 atom stereocenters. The summed E-state index contributed by atoms with van der Waals surface area (Å²) >= 11 is 0. The van der Waals surface area contributed by atoms with Crippen LogP contribution >= 0.6 is 0 Å². The third kappa shape index (κ3) is 3.55. The Morgan fingerprint density at radius 1 is 0.793 bits per heavy atom. The van der Waals surface area contributed by atoms with E-state index < -0.39 is 0 Å². The fraction of sp³-hybridized carbons (Fsp3) is 0.0417. The van der Waals surface area contributed by atoms with Crippen LogP contribution in [-0.2, 0) is 20.1 Å². The Morgan fingerprint density at radius 2 is 1.52 bits per heavy atom. The predicted octanol–water partition coefficient (Wildman–Crippen LogP) is 5.66. The molecule has 0 aliphatic carbocycles. The number of benzene rings is 3. The third-order valence-electron chi connectivity index (χ3n) is 4.86. The minimum Gasteiger partial charge on any atom is -0.477 e. The smallest absolute Gasteiger partial charge is 0.145 e. The van der Waals surface area contributed by atoms with Gasteiger partial charge in [-0.25, -0.2) is 9.97 Å². The first kappa shape index (κ1) is 19.3. The molecule has 0 saturated heterocycles. The van der Waals surface area contributed by atoms with Gasteiger partial charge in [-0.1, -0.05) is 36.4 Å². The standard InChI is InChI=1S/C24H18N4.Ir/c1-18-16-20(19-8-4-2-5-9-19)12-13-22(18)28-17-27(21-10-6-3-7-11-21)23-24(28)26-15-14-25-23;/h2-10,12-17H,1H3;/q-2;. The topological polar surface area (TPSA) is 32.3 Å². The maximum Gasteiger partial charge on any atom is 0.145 e. The van der Waals surface area contributed by atoms with E-state index in [0.717, 1.165) is 23.0 Å². The van der Waals surface area contributed by atoms with Crippen molar-refractivity contribution in [1.82, 2.24) is 9.97 Å². The van der Waals surface area contributed by atoms with E-state index in [1.165, 1.54) is 16.7 Å². The van der Waals surface area contributed by atoms with Gasteiger partial charge in [0.1, 0.15) is 11.6 Å². The van der Waals surface area contributed by atoms with Crippen molar-refractivity contribution in [3.63, 3.8) is 0 Å². The molecule has 2 heterocycles. The first-order chi connectivity index (χ1) is 13.8. The van der Waals surface area contributed by atoms with Gasteiger partial charge in [0.25, 0.3) is 0 Å². The fourth-order valence-corrected chi connectivity index (χ4v) is 3.51. The van der Waals surface area contributed by atoms with Crippen molar-refractivity contribution < 1.29 is 20.1 Å². The first-order valence-corrected chi connectivity index (χ1v) is 9.18. The Hall–Kier alpha value is -3.01. The molecule has 0 amide bonds. The molecule has 1 radical (unpaired) electrons. The number of aryl methyl sites for hydroxylation is 1.